The predicted molar refractivity (Wildman–Crippen MR) is 86.3 cm³/mol. The van der Waals surface area contributed by atoms with E-state index in [0.29, 0.717) is 24.7 Å². The van der Waals surface area contributed by atoms with Gasteiger partial charge in [-0.15, -0.1) is 0 Å². The number of hydrogen-bond acceptors (Lipinski definition) is 4. The Morgan fingerprint density at radius 3 is 2.23 bits per heavy atom. The average Bonchev–Trinajstić information content (AvgIpc) is 2.56. The molecule has 0 aromatic heterocycles. The van der Waals surface area contributed by atoms with Crippen molar-refractivity contribution in [3.05, 3.63) is 59.7 Å². The number of hydrogen-bond donors (Lipinski definition) is 1. The Balaban J connectivity index is 1.92. The number of phenolic OH excluding ortho intramolecular Hbond substituents is 1. The van der Waals surface area contributed by atoms with E-state index < -0.39 is 0 Å². The molecule has 0 saturated carbocycles. The molecule has 4 nitrogen and oxygen atoms in total. The highest BCUT2D eigenvalue weighted by molar-refractivity contribution is 5.61. The fourth-order valence-corrected chi connectivity index (χ4v) is 2.01. The molecule has 2 aromatic carbocycles. The molecule has 2 aromatic rings. The van der Waals surface area contributed by atoms with Crippen LogP contribution in [0.2, 0.25) is 0 Å². The van der Waals surface area contributed by atoms with Crippen LogP contribution >= 0.6 is 0 Å². The molecular formula is C18H20O4. The maximum atomic E-state index is 9.85. The van der Waals surface area contributed by atoms with Gasteiger partial charge in [0.2, 0.25) is 5.75 Å². The van der Waals surface area contributed by atoms with Crippen LogP contribution in [0.25, 0.3) is 6.08 Å². The van der Waals surface area contributed by atoms with Gasteiger partial charge < -0.3 is 19.3 Å². The first kappa shape index (κ1) is 15.9. The molecule has 116 valence electrons. The Morgan fingerprint density at radius 1 is 1.00 bits per heavy atom. The highest BCUT2D eigenvalue weighted by Crippen LogP contribution is 2.37. The van der Waals surface area contributed by atoms with Gasteiger partial charge in [0.1, 0.15) is 0 Å². The Hall–Kier alpha value is -2.46. The molecule has 0 saturated heterocycles. The van der Waals surface area contributed by atoms with E-state index in [1.165, 1.54) is 14.2 Å². The van der Waals surface area contributed by atoms with E-state index in [4.69, 9.17) is 14.2 Å². The molecule has 0 aliphatic carbocycles. The molecule has 0 aliphatic heterocycles. The fraction of sp³-hybridized carbons (Fsp3) is 0.222. The van der Waals surface area contributed by atoms with E-state index in [1.807, 2.05) is 42.5 Å². The van der Waals surface area contributed by atoms with Gasteiger partial charge in [-0.1, -0.05) is 42.5 Å². The summed E-state index contributed by atoms with van der Waals surface area (Å²) in [4.78, 5) is 0. The monoisotopic (exact) mass is 300 g/mol. The van der Waals surface area contributed by atoms with Crippen LogP contribution in [-0.4, -0.2) is 25.9 Å². The second kappa shape index (κ2) is 8.10. The van der Waals surface area contributed by atoms with Crippen molar-refractivity contribution in [1.82, 2.24) is 0 Å². The van der Waals surface area contributed by atoms with Crippen molar-refractivity contribution in [3.63, 3.8) is 0 Å². The number of methoxy groups -OCH3 is 2. The minimum absolute atomic E-state index is 0.00229. The van der Waals surface area contributed by atoms with Crippen LogP contribution < -0.4 is 9.47 Å². The van der Waals surface area contributed by atoms with Crippen LogP contribution in [0.15, 0.2) is 48.5 Å². The second-order valence-electron chi connectivity index (χ2n) is 4.68. The number of rotatable bonds is 7. The van der Waals surface area contributed by atoms with E-state index in [2.05, 4.69) is 0 Å². The molecule has 0 atom stereocenters. The van der Waals surface area contributed by atoms with Crippen LogP contribution in [0, 0.1) is 0 Å². The summed E-state index contributed by atoms with van der Waals surface area (Å²) in [5, 5.41) is 9.85. The summed E-state index contributed by atoms with van der Waals surface area (Å²) in [6, 6.07) is 13.5. The Kier molecular flexibility index (Phi) is 5.86. The summed E-state index contributed by atoms with van der Waals surface area (Å²) in [5.41, 5.74) is 2.01. The van der Waals surface area contributed by atoms with E-state index in [0.717, 1.165) is 11.1 Å². The lowest BCUT2D eigenvalue weighted by atomic mass is 10.1. The van der Waals surface area contributed by atoms with Gasteiger partial charge in [-0.3, -0.25) is 0 Å². The molecule has 1 N–H and O–H groups in total. The summed E-state index contributed by atoms with van der Waals surface area (Å²) in [5.74, 6) is 0.760. The van der Waals surface area contributed by atoms with Gasteiger partial charge in [0.25, 0.3) is 0 Å². The molecule has 0 heterocycles. The molecule has 2 rings (SSSR count). The van der Waals surface area contributed by atoms with Gasteiger partial charge in [-0.25, -0.2) is 0 Å². The van der Waals surface area contributed by atoms with E-state index in [-0.39, 0.29) is 5.75 Å². The van der Waals surface area contributed by atoms with Crippen LogP contribution in [0.3, 0.4) is 0 Å². The Morgan fingerprint density at radius 2 is 1.64 bits per heavy atom. The van der Waals surface area contributed by atoms with Gasteiger partial charge in [-0.05, 0) is 23.3 Å². The smallest absolute Gasteiger partial charge is 0.200 e. The third-order valence-corrected chi connectivity index (χ3v) is 3.14. The molecule has 0 fully saturated rings. The van der Waals surface area contributed by atoms with E-state index in [9.17, 15) is 5.11 Å². The Labute approximate surface area is 130 Å². The zero-order chi connectivity index (χ0) is 15.8. The molecule has 0 unspecified atom stereocenters. The maximum absolute atomic E-state index is 9.85. The molecule has 0 radical (unpaired) electrons. The molecule has 22 heavy (non-hydrogen) atoms. The fourth-order valence-electron chi connectivity index (χ4n) is 2.01. The first-order valence-electron chi connectivity index (χ1n) is 6.97. The summed E-state index contributed by atoms with van der Waals surface area (Å²) < 4.78 is 15.8. The van der Waals surface area contributed by atoms with Crippen molar-refractivity contribution < 1.29 is 19.3 Å². The van der Waals surface area contributed by atoms with Crippen LogP contribution in [-0.2, 0) is 11.3 Å². The summed E-state index contributed by atoms with van der Waals surface area (Å²) in [6.07, 6.45) is 3.81. The molecule has 0 aliphatic rings. The molecule has 4 heteroatoms. The molecular weight excluding hydrogens is 280 g/mol. The van der Waals surface area contributed by atoms with E-state index in [1.54, 1.807) is 12.1 Å². The van der Waals surface area contributed by atoms with Crippen molar-refractivity contribution in [1.29, 1.82) is 0 Å². The van der Waals surface area contributed by atoms with Gasteiger partial charge >= 0.3 is 0 Å². The maximum Gasteiger partial charge on any atom is 0.200 e. The largest absolute Gasteiger partial charge is 0.502 e. The topological polar surface area (TPSA) is 47.9 Å². The van der Waals surface area contributed by atoms with Gasteiger partial charge in [-0.2, -0.15) is 0 Å². The third kappa shape index (κ3) is 4.27. The predicted octanol–water partition coefficient (Wildman–Crippen LogP) is 3.64. The summed E-state index contributed by atoms with van der Waals surface area (Å²) >= 11 is 0. The SMILES string of the molecule is COc1cc(/C=C/COCc2ccccc2)cc(OC)c1O. The van der Waals surface area contributed by atoms with Gasteiger partial charge in [0.05, 0.1) is 27.4 Å². The molecule has 0 bridgehead atoms. The van der Waals surface area contributed by atoms with Crippen molar-refractivity contribution in [3.8, 4) is 17.2 Å². The summed E-state index contributed by atoms with van der Waals surface area (Å²) in [7, 11) is 3.01. The number of phenols is 1. The first-order valence-corrected chi connectivity index (χ1v) is 6.97. The average molecular weight is 300 g/mol. The highest BCUT2D eigenvalue weighted by Gasteiger charge is 2.09. The standard InChI is InChI=1S/C18H20O4/c1-20-16-11-15(12-17(21-2)18(16)19)9-6-10-22-13-14-7-4-3-5-8-14/h3-9,11-12,19H,10,13H2,1-2H3/b9-6+. The van der Waals surface area contributed by atoms with Crippen molar-refractivity contribution in [2.45, 2.75) is 6.61 Å². The van der Waals surface area contributed by atoms with Crippen molar-refractivity contribution in [2.24, 2.45) is 0 Å². The van der Waals surface area contributed by atoms with Gasteiger partial charge in [0.15, 0.2) is 11.5 Å². The minimum Gasteiger partial charge on any atom is -0.502 e. The quantitative estimate of drug-likeness (QED) is 0.793. The first-order chi connectivity index (χ1) is 10.7. The van der Waals surface area contributed by atoms with Gasteiger partial charge in [0, 0.05) is 0 Å². The number of benzene rings is 2. The number of aromatic hydroxyl groups is 1. The Bertz CT molecular complexity index is 595. The zero-order valence-corrected chi connectivity index (χ0v) is 12.8. The van der Waals surface area contributed by atoms with Crippen LogP contribution in [0.4, 0.5) is 0 Å². The molecule has 0 amide bonds. The number of ether oxygens (including phenoxy) is 3. The van der Waals surface area contributed by atoms with Crippen molar-refractivity contribution >= 4 is 6.08 Å². The van der Waals surface area contributed by atoms with E-state index >= 15 is 0 Å². The highest BCUT2D eigenvalue weighted by atomic mass is 16.5. The molecule has 0 spiro atoms. The third-order valence-electron chi connectivity index (χ3n) is 3.14. The lowest BCUT2D eigenvalue weighted by Gasteiger charge is -2.09. The second-order valence-corrected chi connectivity index (χ2v) is 4.68. The lowest BCUT2D eigenvalue weighted by molar-refractivity contribution is 0.149. The zero-order valence-electron chi connectivity index (χ0n) is 12.8. The van der Waals surface area contributed by atoms with Crippen LogP contribution in [0.5, 0.6) is 17.2 Å². The van der Waals surface area contributed by atoms with Crippen LogP contribution in [0.1, 0.15) is 11.1 Å². The minimum atomic E-state index is 0.00229. The lowest BCUT2D eigenvalue weighted by Crippen LogP contribution is -1.92. The van der Waals surface area contributed by atoms with Crippen molar-refractivity contribution in [2.75, 3.05) is 20.8 Å². The summed E-state index contributed by atoms with van der Waals surface area (Å²) in [6.45, 7) is 1.08. The normalized spacial score (nSPS) is 10.8.